The number of nitrogens with zero attached hydrogens (tertiary/aromatic N) is 1. The second-order valence-corrected chi connectivity index (χ2v) is 7.22. The molecule has 0 spiro atoms. The maximum absolute atomic E-state index is 13.2. The van der Waals surface area contributed by atoms with Gasteiger partial charge in [0.15, 0.2) is 0 Å². The lowest BCUT2D eigenvalue weighted by atomic mass is 10.0. The number of hydrogen-bond acceptors (Lipinski definition) is 2. The van der Waals surface area contributed by atoms with Gasteiger partial charge in [0.2, 0.25) is 11.8 Å². The number of hydrogen-bond donors (Lipinski definition) is 1. The second kappa shape index (κ2) is 9.87. The van der Waals surface area contributed by atoms with E-state index in [1.807, 2.05) is 55.5 Å². The van der Waals surface area contributed by atoms with E-state index in [0.717, 1.165) is 11.1 Å². The number of likely N-dealkylation sites (N-methyl/N-ethyl adjacent to an activating group) is 1. The van der Waals surface area contributed by atoms with E-state index in [4.69, 9.17) is 0 Å². The molecule has 1 unspecified atom stereocenters. The normalized spacial score (nSPS) is 11.8. The Bertz CT molecular complexity index is 963. The minimum Gasteiger partial charge on any atom is -0.355 e. The molecule has 150 valence electrons. The first-order valence-electron chi connectivity index (χ1n) is 10.2. The van der Waals surface area contributed by atoms with Crippen LogP contribution in [0.25, 0.3) is 10.8 Å². The zero-order valence-electron chi connectivity index (χ0n) is 17.1. The van der Waals surface area contributed by atoms with Crippen LogP contribution in [0.4, 0.5) is 0 Å². The highest BCUT2D eigenvalue weighted by molar-refractivity contribution is 5.88. The first-order valence-corrected chi connectivity index (χ1v) is 10.2. The van der Waals surface area contributed by atoms with Crippen molar-refractivity contribution in [3.63, 3.8) is 0 Å². The van der Waals surface area contributed by atoms with Gasteiger partial charge in [0.05, 0.1) is 0 Å². The number of carbonyl (C=O) groups excluding carboxylic acids is 2. The molecule has 0 bridgehead atoms. The third-order valence-corrected chi connectivity index (χ3v) is 5.20. The summed E-state index contributed by atoms with van der Waals surface area (Å²) in [5.74, 6) is -0.137. The Morgan fingerprint density at radius 1 is 0.931 bits per heavy atom. The molecule has 0 radical (unpaired) electrons. The largest absolute Gasteiger partial charge is 0.355 e. The van der Waals surface area contributed by atoms with Crippen LogP contribution in [0.15, 0.2) is 72.8 Å². The highest BCUT2D eigenvalue weighted by Crippen LogP contribution is 2.20. The first-order chi connectivity index (χ1) is 14.1. The van der Waals surface area contributed by atoms with Crippen molar-refractivity contribution in [1.29, 1.82) is 0 Å². The molecule has 4 heteroatoms. The molecule has 0 aliphatic rings. The van der Waals surface area contributed by atoms with Crippen LogP contribution in [0.1, 0.15) is 31.4 Å². The quantitative estimate of drug-likeness (QED) is 0.625. The topological polar surface area (TPSA) is 49.4 Å². The van der Waals surface area contributed by atoms with Crippen molar-refractivity contribution in [2.24, 2.45) is 0 Å². The maximum Gasteiger partial charge on any atom is 0.242 e. The molecule has 0 saturated heterocycles. The van der Waals surface area contributed by atoms with Gasteiger partial charge in [-0.2, -0.15) is 0 Å². The molecule has 0 aliphatic heterocycles. The minimum absolute atomic E-state index is 0.0134. The molecule has 0 fully saturated rings. The predicted octanol–water partition coefficient (Wildman–Crippen LogP) is 4.33. The third kappa shape index (κ3) is 5.23. The predicted molar refractivity (Wildman–Crippen MR) is 117 cm³/mol. The molecular weight excluding hydrogens is 360 g/mol. The Labute approximate surface area is 172 Å². The molecule has 2 amide bonds. The van der Waals surface area contributed by atoms with Gasteiger partial charge in [0.1, 0.15) is 6.04 Å². The van der Waals surface area contributed by atoms with Crippen molar-refractivity contribution in [3.05, 3.63) is 83.9 Å². The fourth-order valence-corrected chi connectivity index (χ4v) is 3.58. The molecule has 0 aromatic heterocycles. The van der Waals surface area contributed by atoms with Gasteiger partial charge in [-0.1, -0.05) is 72.8 Å². The molecule has 3 rings (SSSR count). The van der Waals surface area contributed by atoms with Crippen LogP contribution < -0.4 is 5.32 Å². The van der Waals surface area contributed by atoms with Crippen molar-refractivity contribution in [3.8, 4) is 0 Å². The summed E-state index contributed by atoms with van der Waals surface area (Å²) in [6, 6.07) is 23.7. The smallest absolute Gasteiger partial charge is 0.242 e. The van der Waals surface area contributed by atoms with Gasteiger partial charge in [0, 0.05) is 19.5 Å². The standard InChI is InChI=1S/C25H28N2O2/c1-3-26-25(29)19(2)27(18-20-10-5-4-6-11-20)24(28)17-16-22-14-9-13-21-12-7-8-15-23(21)22/h4-15,19H,3,16-18H2,1-2H3,(H,26,29). The minimum atomic E-state index is -0.518. The average molecular weight is 389 g/mol. The Kier molecular flexibility index (Phi) is 7.01. The van der Waals surface area contributed by atoms with E-state index in [2.05, 4.69) is 29.6 Å². The number of carbonyl (C=O) groups is 2. The van der Waals surface area contributed by atoms with Gasteiger partial charge >= 0.3 is 0 Å². The zero-order chi connectivity index (χ0) is 20.6. The van der Waals surface area contributed by atoms with E-state index in [9.17, 15) is 9.59 Å². The van der Waals surface area contributed by atoms with Gasteiger partial charge in [-0.3, -0.25) is 9.59 Å². The Morgan fingerprint density at radius 2 is 1.62 bits per heavy atom. The number of fused-ring (bicyclic) bond motifs is 1. The molecule has 0 heterocycles. The van der Waals surface area contributed by atoms with Crippen LogP contribution in [-0.2, 0) is 22.6 Å². The van der Waals surface area contributed by atoms with Crippen LogP contribution in [0.5, 0.6) is 0 Å². The van der Waals surface area contributed by atoms with Gasteiger partial charge < -0.3 is 10.2 Å². The highest BCUT2D eigenvalue weighted by Gasteiger charge is 2.25. The van der Waals surface area contributed by atoms with E-state index < -0.39 is 6.04 Å². The zero-order valence-corrected chi connectivity index (χ0v) is 17.1. The van der Waals surface area contributed by atoms with Crippen LogP contribution in [-0.4, -0.2) is 29.3 Å². The van der Waals surface area contributed by atoms with E-state index >= 15 is 0 Å². The summed E-state index contributed by atoms with van der Waals surface area (Å²) < 4.78 is 0. The van der Waals surface area contributed by atoms with Crippen molar-refractivity contribution in [1.82, 2.24) is 10.2 Å². The van der Waals surface area contributed by atoms with Crippen molar-refractivity contribution < 1.29 is 9.59 Å². The number of benzene rings is 3. The second-order valence-electron chi connectivity index (χ2n) is 7.22. The van der Waals surface area contributed by atoms with E-state index in [1.54, 1.807) is 11.8 Å². The summed E-state index contributed by atoms with van der Waals surface area (Å²) in [7, 11) is 0. The molecule has 0 aliphatic carbocycles. The molecule has 0 saturated carbocycles. The SMILES string of the molecule is CCNC(=O)C(C)N(Cc1ccccc1)C(=O)CCc1cccc2ccccc12. The van der Waals surface area contributed by atoms with Gasteiger partial charge in [-0.25, -0.2) is 0 Å². The van der Waals surface area contributed by atoms with Crippen LogP contribution in [0.2, 0.25) is 0 Å². The van der Waals surface area contributed by atoms with Gasteiger partial charge in [-0.15, -0.1) is 0 Å². The van der Waals surface area contributed by atoms with Crippen LogP contribution in [0.3, 0.4) is 0 Å². The molecular formula is C25H28N2O2. The van der Waals surface area contributed by atoms with E-state index in [-0.39, 0.29) is 11.8 Å². The van der Waals surface area contributed by atoms with Crippen molar-refractivity contribution in [2.45, 2.75) is 39.3 Å². The van der Waals surface area contributed by atoms with Gasteiger partial charge in [0.25, 0.3) is 0 Å². The fourth-order valence-electron chi connectivity index (χ4n) is 3.58. The van der Waals surface area contributed by atoms with Crippen LogP contribution in [0, 0.1) is 0 Å². The van der Waals surface area contributed by atoms with Gasteiger partial charge in [-0.05, 0) is 42.2 Å². The summed E-state index contributed by atoms with van der Waals surface area (Å²) >= 11 is 0. The number of rotatable bonds is 8. The number of nitrogens with one attached hydrogen (secondary N) is 1. The lowest BCUT2D eigenvalue weighted by Gasteiger charge is -2.29. The lowest BCUT2D eigenvalue weighted by Crippen LogP contribution is -2.47. The molecule has 3 aromatic carbocycles. The monoisotopic (exact) mass is 388 g/mol. The van der Waals surface area contributed by atoms with Crippen molar-refractivity contribution >= 4 is 22.6 Å². The van der Waals surface area contributed by atoms with E-state index in [1.165, 1.54) is 10.8 Å². The molecule has 29 heavy (non-hydrogen) atoms. The Morgan fingerprint density at radius 3 is 2.38 bits per heavy atom. The van der Waals surface area contributed by atoms with E-state index in [0.29, 0.717) is 25.9 Å². The molecule has 3 aromatic rings. The van der Waals surface area contributed by atoms with Crippen LogP contribution >= 0.6 is 0 Å². The molecule has 4 nitrogen and oxygen atoms in total. The first kappa shape index (κ1) is 20.6. The Hall–Kier alpha value is -3.14. The fraction of sp³-hybridized carbons (Fsp3) is 0.280. The lowest BCUT2D eigenvalue weighted by molar-refractivity contribution is -0.140. The molecule has 1 atom stereocenters. The van der Waals surface area contributed by atoms with Crippen molar-refractivity contribution in [2.75, 3.05) is 6.54 Å². The maximum atomic E-state index is 13.2. The summed E-state index contributed by atoms with van der Waals surface area (Å²) in [6.45, 7) is 4.65. The summed E-state index contributed by atoms with van der Waals surface area (Å²) in [4.78, 5) is 27.3. The molecule has 1 N–H and O–H groups in total. The third-order valence-electron chi connectivity index (χ3n) is 5.20. The highest BCUT2D eigenvalue weighted by atomic mass is 16.2. The number of amides is 2. The summed E-state index contributed by atoms with van der Waals surface area (Å²) in [6.07, 6.45) is 1.01. The Balaban J connectivity index is 1.77. The summed E-state index contributed by atoms with van der Waals surface area (Å²) in [5, 5.41) is 5.18. The number of aryl methyl sites for hydroxylation is 1. The summed E-state index contributed by atoms with van der Waals surface area (Å²) in [5.41, 5.74) is 2.17. The average Bonchev–Trinajstić information content (AvgIpc) is 2.76.